The summed E-state index contributed by atoms with van der Waals surface area (Å²) in [6.07, 6.45) is 7.62. The van der Waals surface area contributed by atoms with Gasteiger partial charge in [-0.2, -0.15) is 5.10 Å². The molecule has 132 valence electrons. The fourth-order valence-corrected chi connectivity index (χ4v) is 3.21. The number of halogens is 1. The van der Waals surface area contributed by atoms with Gasteiger partial charge < -0.3 is 9.73 Å². The summed E-state index contributed by atoms with van der Waals surface area (Å²) in [4.78, 5) is 11.8. The van der Waals surface area contributed by atoms with Gasteiger partial charge in [-0.1, -0.05) is 47.3 Å². The second kappa shape index (κ2) is 8.97. The maximum atomic E-state index is 11.8. The third kappa shape index (κ3) is 5.54. The van der Waals surface area contributed by atoms with Gasteiger partial charge in [0.2, 0.25) is 0 Å². The first-order chi connectivity index (χ1) is 12.2. The average Bonchev–Trinajstić information content (AvgIpc) is 3.10. The molecule has 0 spiro atoms. The van der Waals surface area contributed by atoms with Crippen LogP contribution in [0.25, 0.3) is 11.3 Å². The van der Waals surface area contributed by atoms with E-state index in [4.69, 9.17) is 4.42 Å². The van der Waals surface area contributed by atoms with Crippen molar-refractivity contribution < 1.29 is 9.21 Å². The highest BCUT2D eigenvalue weighted by molar-refractivity contribution is 9.10. The van der Waals surface area contributed by atoms with Gasteiger partial charge in [-0.15, -0.1) is 0 Å². The zero-order valence-corrected chi connectivity index (χ0v) is 15.6. The molecule has 1 fully saturated rings. The lowest BCUT2D eigenvalue weighted by Crippen LogP contribution is -2.38. The van der Waals surface area contributed by atoms with Crippen molar-refractivity contribution in [2.45, 2.75) is 38.1 Å². The average molecular weight is 404 g/mol. The Morgan fingerprint density at radius 2 is 1.92 bits per heavy atom. The third-order valence-corrected chi connectivity index (χ3v) is 4.82. The zero-order valence-electron chi connectivity index (χ0n) is 14.0. The molecule has 1 aromatic carbocycles. The van der Waals surface area contributed by atoms with E-state index in [2.05, 4.69) is 31.8 Å². The SMILES string of the molecule is O=C(CNC1CCCCC1)N/N=C\c1ccc(-c2ccc(Br)cc2)o1. The molecule has 3 rings (SSSR count). The minimum atomic E-state index is -0.137. The number of carbonyl (C=O) groups excluding carboxylic acids is 1. The van der Waals surface area contributed by atoms with Crippen molar-refractivity contribution >= 4 is 28.1 Å². The van der Waals surface area contributed by atoms with E-state index in [1.165, 1.54) is 25.5 Å². The van der Waals surface area contributed by atoms with Gasteiger partial charge in [-0.05, 0) is 37.1 Å². The van der Waals surface area contributed by atoms with E-state index in [1.807, 2.05) is 36.4 Å². The van der Waals surface area contributed by atoms with E-state index in [1.54, 1.807) is 0 Å². The Morgan fingerprint density at radius 3 is 2.68 bits per heavy atom. The van der Waals surface area contributed by atoms with Crippen molar-refractivity contribution in [3.63, 3.8) is 0 Å². The first kappa shape index (κ1) is 17.9. The molecular formula is C19H22BrN3O2. The molecule has 0 aliphatic heterocycles. The lowest BCUT2D eigenvalue weighted by Gasteiger charge is -2.22. The predicted molar refractivity (Wildman–Crippen MR) is 102 cm³/mol. The minimum Gasteiger partial charge on any atom is -0.455 e. The van der Waals surface area contributed by atoms with Gasteiger partial charge in [0, 0.05) is 16.1 Å². The lowest BCUT2D eigenvalue weighted by atomic mass is 9.95. The Hall–Kier alpha value is -1.92. The molecule has 0 radical (unpaired) electrons. The van der Waals surface area contributed by atoms with Crippen molar-refractivity contribution in [2.24, 2.45) is 5.10 Å². The second-order valence-corrected chi connectivity index (χ2v) is 7.13. The molecule has 2 N–H and O–H groups in total. The Kier molecular flexibility index (Phi) is 6.42. The number of nitrogens with zero attached hydrogens (tertiary/aromatic N) is 1. The number of carbonyl (C=O) groups is 1. The van der Waals surface area contributed by atoms with Crippen LogP contribution >= 0.6 is 15.9 Å². The molecule has 25 heavy (non-hydrogen) atoms. The van der Waals surface area contributed by atoms with Gasteiger partial charge in [-0.25, -0.2) is 5.43 Å². The second-order valence-electron chi connectivity index (χ2n) is 6.22. The number of benzene rings is 1. The Morgan fingerprint density at radius 1 is 1.16 bits per heavy atom. The summed E-state index contributed by atoms with van der Waals surface area (Å²) < 4.78 is 6.74. The van der Waals surface area contributed by atoms with Crippen LogP contribution in [0.15, 0.2) is 50.4 Å². The number of nitrogens with one attached hydrogen (secondary N) is 2. The molecule has 1 aliphatic rings. The number of furan rings is 1. The van der Waals surface area contributed by atoms with Crippen LogP contribution in [0, 0.1) is 0 Å². The maximum absolute atomic E-state index is 11.8. The van der Waals surface area contributed by atoms with Crippen LogP contribution in [0.3, 0.4) is 0 Å². The van der Waals surface area contributed by atoms with Gasteiger partial charge in [-0.3, -0.25) is 4.79 Å². The quantitative estimate of drug-likeness (QED) is 0.563. The van der Waals surface area contributed by atoms with E-state index in [0.717, 1.165) is 28.6 Å². The summed E-state index contributed by atoms with van der Waals surface area (Å²) in [7, 11) is 0. The van der Waals surface area contributed by atoms with Crippen LogP contribution in [-0.4, -0.2) is 24.7 Å². The van der Waals surface area contributed by atoms with E-state index >= 15 is 0 Å². The summed E-state index contributed by atoms with van der Waals surface area (Å²) in [6.45, 7) is 0.296. The Balaban J connectivity index is 1.45. The minimum absolute atomic E-state index is 0.137. The Labute approximate surface area is 156 Å². The van der Waals surface area contributed by atoms with Gasteiger partial charge >= 0.3 is 0 Å². The predicted octanol–water partition coefficient (Wildman–Crippen LogP) is 4.08. The van der Waals surface area contributed by atoms with E-state index < -0.39 is 0 Å². The first-order valence-electron chi connectivity index (χ1n) is 8.62. The molecule has 2 aromatic rings. The number of amides is 1. The Bertz CT molecular complexity index is 719. The molecule has 1 saturated carbocycles. The van der Waals surface area contributed by atoms with Crippen molar-refractivity contribution in [2.75, 3.05) is 6.54 Å². The summed E-state index contributed by atoms with van der Waals surface area (Å²) in [5, 5.41) is 7.25. The van der Waals surface area contributed by atoms with Crippen LogP contribution in [0.5, 0.6) is 0 Å². The summed E-state index contributed by atoms with van der Waals surface area (Å²) in [5.74, 6) is 1.22. The van der Waals surface area contributed by atoms with Crippen LogP contribution in [0.1, 0.15) is 37.9 Å². The standard InChI is InChI=1S/C19H22BrN3O2/c20-15-8-6-14(7-9-15)18-11-10-17(25-18)12-22-23-19(24)13-21-16-4-2-1-3-5-16/h6-12,16,21H,1-5,13H2,(H,23,24)/b22-12-. The molecule has 5 nitrogen and oxygen atoms in total. The summed E-state index contributed by atoms with van der Waals surface area (Å²) in [5.41, 5.74) is 3.52. The van der Waals surface area contributed by atoms with Crippen molar-refractivity contribution in [1.82, 2.24) is 10.7 Å². The molecule has 0 saturated heterocycles. The smallest absolute Gasteiger partial charge is 0.254 e. The molecule has 6 heteroatoms. The number of hydrogen-bond acceptors (Lipinski definition) is 4. The van der Waals surface area contributed by atoms with Gasteiger partial charge in [0.05, 0.1) is 12.8 Å². The highest BCUT2D eigenvalue weighted by Crippen LogP contribution is 2.23. The molecule has 1 amide bonds. The van der Waals surface area contributed by atoms with E-state index in [9.17, 15) is 4.79 Å². The molecule has 0 bridgehead atoms. The van der Waals surface area contributed by atoms with Crippen LogP contribution < -0.4 is 10.7 Å². The highest BCUT2D eigenvalue weighted by atomic mass is 79.9. The number of hydrazone groups is 1. The lowest BCUT2D eigenvalue weighted by molar-refractivity contribution is -0.120. The molecule has 1 aromatic heterocycles. The van der Waals surface area contributed by atoms with Crippen molar-refractivity contribution in [1.29, 1.82) is 0 Å². The molecule has 0 atom stereocenters. The third-order valence-electron chi connectivity index (χ3n) is 4.29. The highest BCUT2D eigenvalue weighted by Gasteiger charge is 2.13. The van der Waals surface area contributed by atoms with E-state index in [-0.39, 0.29) is 5.91 Å². The number of rotatable bonds is 6. The summed E-state index contributed by atoms with van der Waals surface area (Å²) in [6, 6.07) is 12.0. The van der Waals surface area contributed by atoms with Gasteiger partial charge in [0.1, 0.15) is 11.5 Å². The fraction of sp³-hybridized carbons (Fsp3) is 0.368. The molecule has 1 heterocycles. The normalized spacial score (nSPS) is 15.6. The molecule has 0 unspecified atom stereocenters. The van der Waals surface area contributed by atoms with Crippen molar-refractivity contribution in [3.05, 3.63) is 46.6 Å². The molecular weight excluding hydrogens is 382 g/mol. The summed E-state index contributed by atoms with van der Waals surface area (Å²) >= 11 is 3.41. The monoisotopic (exact) mass is 403 g/mol. The maximum Gasteiger partial charge on any atom is 0.254 e. The first-order valence-corrected chi connectivity index (χ1v) is 9.41. The van der Waals surface area contributed by atoms with E-state index in [0.29, 0.717) is 18.3 Å². The van der Waals surface area contributed by atoms with Gasteiger partial charge in [0.15, 0.2) is 0 Å². The van der Waals surface area contributed by atoms with Gasteiger partial charge in [0.25, 0.3) is 5.91 Å². The van der Waals surface area contributed by atoms with Crippen molar-refractivity contribution in [3.8, 4) is 11.3 Å². The largest absolute Gasteiger partial charge is 0.455 e. The molecule has 1 aliphatic carbocycles. The van der Waals surface area contributed by atoms with Crippen LogP contribution in [-0.2, 0) is 4.79 Å². The van der Waals surface area contributed by atoms with Crippen LogP contribution in [0.4, 0.5) is 0 Å². The fourth-order valence-electron chi connectivity index (χ4n) is 2.94. The van der Waals surface area contributed by atoms with Crippen LogP contribution in [0.2, 0.25) is 0 Å². The number of hydrogen-bond donors (Lipinski definition) is 2. The zero-order chi connectivity index (χ0) is 17.5. The topological polar surface area (TPSA) is 66.6 Å².